The molecule has 0 fully saturated rings. The second-order valence-electron chi connectivity index (χ2n) is 4.93. The summed E-state index contributed by atoms with van der Waals surface area (Å²) in [5, 5.41) is 10.1. The van der Waals surface area contributed by atoms with Crippen LogP contribution in [-0.4, -0.2) is 12.2 Å². The molecule has 0 amide bonds. The second-order valence-corrected chi connectivity index (χ2v) is 4.93. The van der Waals surface area contributed by atoms with Crippen LogP contribution in [0.4, 0.5) is 8.78 Å². The number of halogens is 2. The van der Waals surface area contributed by atoms with Crippen LogP contribution in [0.3, 0.4) is 0 Å². The first-order valence-electron chi connectivity index (χ1n) is 6.56. The number of hydrogen-bond acceptors (Lipinski definition) is 3. The largest absolute Gasteiger partial charge is 0.494 e. The zero-order valence-corrected chi connectivity index (χ0v) is 11.3. The van der Waals surface area contributed by atoms with Crippen molar-refractivity contribution in [1.82, 2.24) is 0 Å². The number of rotatable bonds is 2. The highest BCUT2D eigenvalue weighted by atomic mass is 19.1. The number of ether oxygens (including phenoxy) is 2. The summed E-state index contributed by atoms with van der Waals surface area (Å²) in [6, 6.07) is 8.48. The number of aliphatic hydroxyl groups is 1. The van der Waals surface area contributed by atoms with Crippen LogP contribution in [0.25, 0.3) is 0 Å². The van der Waals surface area contributed by atoms with Crippen molar-refractivity contribution >= 4 is 0 Å². The van der Waals surface area contributed by atoms with Gasteiger partial charge in [-0.2, -0.15) is 0 Å². The molecular weight excluding hydrogens is 278 g/mol. The zero-order chi connectivity index (χ0) is 15.0. The highest BCUT2D eigenvalue weighted by molar-refractivity contribution is 5.39. The Morgan fingerprint density at radius 3 is 2.71 bits per heavy atom. The maximum Gasteiger partial charge on any atom is 0.165 e. The monoisotopic (exact) mass is 292 g/mol. The maximum atomic E-state index is 13.8. The molecule has 0 saturated heterocycles. The van der Waals surface area contributed by atoms with E-state index in [2.05, 4.69) is 0 Å². The summed E-state index contributed by atoms with van der Waals surface area (Å²) in [6.45, 7) is 0. The summed E-state index contributed by atoms with van der Waals surface area (Å²) < 4.78 is 37.6. The number of methoxy groups -OCH3 is 1. The van der Waals surface area contributed by atoms with Gasteiger partial charge >= 0.3 is 0 Å². The third-order valence-electron chi connectivity index (χ3n) is 3.59. The summed E-state index contributed by atoms with van der Waals surface area (Å²) in [5.74, 6) is -0.517. The lowest BCUT2D eigenvalue weighted by molar-refractivity contribution is 0.0652. The van der Waals surface area contributed by atoms with E-state index in [4.69, 9.17) is 9.47 Å². The van der Waals surface area contributed by atoms with Crippen LogP contribution in [0, 0.1) is 11.6 Å². The van der Waals surface area contributed by atoms with Gasteiger partial charge in [0.05, 0.1) is 13.2 Å². The van der Waals surface area contributed by atoms with Crippen LogP contribution in [0.1, 0.15) is 29.8 Å². The standard InChI is InChI=1S/C16H14F2O3/c1-20-14-5-2-9(6-12(14)18)15-8-13(19)11-4-3-10(17)7-16(11)21-15/h2-7,13,15,19H,8H2,1H3/t13-,15?/m0/s1. The number of benzene rings is 2. The van der Waals surface area contributed by atoms with Crippen molar-refractivity contribution in [3.8, 4) is 11.5 Å². The van der Waals surface area contributed by atoms with Gasteiger partial charge in [0, 0.05) is 18.1 Å². The predicted molar refractivity (Wildman–Crippen MR) is 72.3 cm³/mol. The van der Waals surface area contributed by atoms with Gasteiger partial charge in [0.1, 0.15) is 17.7 Å². The van der Waals surface area contributed by atoms with Gasteiger partial charge in [-0.3, -0.25) is 0 Å². The molecule has 2 atom stereocenters. The SMILES string of the molecule is COc1ccc(C2C[C@H](O)c3ccc(F)cc3O2)cc1F. The van der Waals surface area contributed by atoms with Crippen LogP contribution >= 0.6 is 0 Å². The van der Waals surface area contributed by atoms with Gasteiger partial charge in [-0.05, 0) is 29.8 Å². The minimum absolute atomic E-state index is 0.140. The van der Waals surface area contributed by atoms with E-state index >= 15 is 0 Å². The molecule has 3 rings (SSSR count). The molecule has 1 heterocycles. The van der Waals surface area contributed by atoms with Crippen molar-refractivity contribution in [2.75, 3.05) is 7.11 Å². The molecule has 0 spiro atoms. The van der Waals surface area contributed by atoms with Crippen molar-refractivity contribution in [1.29, 1.82) is 0 Å². The maximum absolute atomic E-state index is 13.8. The smallest absolute Gasteiger partial charge is 0.165 e. The zero-order valence-electron chi connectivity index (χ0n) is 11.3. The van der Waals surface area contributed by atoms with Gasteiger partial charge < -0.3 is 14.6 Å². The first-order valence-corrected chi connectivity index (χ1v) is 6.56. The molecule has 1 aliphatic heterocycles. The Hall–Kier alpha value is -2.14. The molecule has 0 radical (unpaired) electrons. The molecule has 110 valence electrons. The van der Waals surface area contributed by atoms with Gasteiger partial charge in [-0.15, -0.1) is 0 Å². The van der Waals surface area contributed by atoms with Gasteiger partial charge in [-0.25, -0.2) is 8.78 Å². The molecular formula is C16H14F2O3. The Labute approximate surface area is 120 Å². The molecule has 2 aromatic carbocycles. The van der Waals surface area contributed by atoms with Gasteiger partial charge in [0.15, 0.2) is 11.6 Å². The highest BCUT2D eigenvalue weighted by Gasteiger charge is 2.28. The molecule has 2 aromatic rings. The predicted octanol–water partition coefficient (Wildman–Crippen LogP) is 3.53. The Balaban J connectivity index is 1.93. The van der Waals surface area contributed by atoms with Crippen molar-refractivity contribution in [3.05, 3.63) is 59.2 Å². The summed E-state index contributed by atoms with van der Waals surface area (Å²) >= 11 is 0. The minimum atomic E-state index is -0.774. The van der Waals surface area contributed by atoms with E-state index in [0.29, 0.717) is 11.1 Å². The van der Waals surface area contributed by atoms with Crippen LogP contribution < -0.4 is 9.47 Å². The van der Waals surface area contributed by atoms with Crippen molar-refractivity contribution in [2.45, 2.75) is 18.6 Å². The average molecular weight is 292 g/mol. The van der Waals surface area contributed by atoms with E-state index in [1.807, 2.05) is 0 Å². The Bertz CT molecular complexity index is 673. The van der Waals surface area contributed by atoms with Crippen LogP contribution in [0.2, 0.25) is 0 Å². The van der Waals surface area contributed by atoms with Crippen molar-refractivity contribution in [2.24, 2.45) is 0 Å². The van der Waals surface area contributed by atoms with Gasteiger partial charge in [0.25, 0.3) is 0 Å². The fourth-order valence-electron chi connectivity index (χ4n) is 2.50. The average Bonchev–Trinajstić information content (AvgIpc) is 2.46. The van der Waals surface area contributed by atoms with E-state index in [9.17, 15) is 13.9 Å². The van der Waals surface area contributed by atoms with Gasteiger partial charge in [0.2, 0.25) is 0 Å². The van der Waals surface area contributed by atoms with E-state index in [0.717, 1.165) is 0 Å². The summed E-state index contributed by atoms with van der Waals surface area (Å²) in [5.41, 5.74) is 1.11. The third kappa shape index (κ3) is 2.56. The Morgan fingerprint density at radius 1 is 1.19 bits per heavy atom. The molecule has 5 heteroatoms. The topological polar surface area (TPSA) is 38.7 Å². The van der Waals surface area contributed by atoms with Crippen molar-refractivity contribution < 1.29 is 23.4 Å². The molecule has 1 aliphatic rings. The van der Waals surface area contributed by atoms with E-state index in [-0.39, 0.29) is 17.9 Å². The van der Waals surface area contributed by atoms with E-state index < -0.39 is 23.8 Å². The van der Waals surface area contributed by atoms with E-state index in [1.54, 1.807) is 6.07 Å². The number of fused-ring (bicyclic) bond motifs is 1. The molecule has 0 aliphatic carbocycles. The molecule has 3 nitrogen and oxygen atoms in total. The normalized spacial score (nSPS) is 20.6. The summed E-state index contributed by atoms with van der Waals surface area (Å²) in [7, 11) is 1.39. The summed E-state index contributed by atoms with van der Waals surface area (Å²) in [6.07, 6.45) is -1.02. The first kappa shape index (κ1) is 13.8. The minimum Gasteiger partial charge on any atom is -0.494 e. The Morgan fingerprint density at radius 2 is 2.00 bits per heavy atom. The fourth-order valence-corrected chi connectivity index (χ4v) is 2.50. The lowest BCUT2D eigenvalue weighted by Gasteiger charge is -2.30. The molecule has 21 heavy (non-hydrogen) atoms. The molecule has 1 N–H and O–H groups in total. The van der Waals surface area contributed by atoms with Crippen LogP contribution in [0.15, 0.2) is 36.4 Å². The quantitative estimate of drug-likeness (QED) is 0.920. The lowest BCUT2D eigenvalue weighted by atomic mass is 9.95. The van der Waals surface area contributed by atoms with Crippen LogP contribution in [0.5, 0.6) is 11.5 Å². The lowest BCUT2D eigenvalue weighted by Crippen LogP contribution is -2.19. The summed E-state index contributed by atoms with van der Waals surface area (Å²) in [4.78, 5) is 0. The van der Waals surface area contributed by atoms with Crippen molar-refractivity contribution in [3.63, 3.8) is 0 Å². The molecule has 1 unspecified atom stereocenters. The Kier molecular flexibility index (Phi) is 3.51. The number of hydrogen-bond donors (Lipinski definition) is 1. The molecule has 0 aromatic heterocycles. The molecule has 0 saturated carbocycles. The van der Waals surface area contributed by atoms with E-state index in [1.165, 1.54) is 37.4 Å². The highest BCUT2D eigenvalue weighted by Crippen LogP contribution is 2.41. The van der Waals surface area contributed by atoms with Gasteiger partial charge in [-0.1, -0.05) is 6.07 Å². The second kappa shape index (κ2) is 5.33. The third-order valence-corrected chi connectivity index (χ3v) is 3.59. The molecule has 0 bridgehead atoms. The first-order chi connectivity index (χ1) is 10.1. The fraction of sp³-hybridized carbons (Fsp3) is 0.250. The van der Waals surface area contributed by atoms with Crippen LogP contribution in [-0.2, 0) is 0 Å². The number of aliphatic hydroxyl groups excluding tert-OH is 1.